The number of nitrogens with zero attached hydrogens (tertiary/aromatic N) is 2. The van der Waals surface area contributed by atoms with Crippen LogP contribution in [0.25, 0.3) is 0 Å². The van der Waals surface area contributed by atoms with Gasteiger partial charge in [0.1, 0.15) is 11.4 Å². The molecule has 7 nitrogen and oxygen atoms in total. The maximum Gasteiger partial charge on any atom is 0.410 e. The van der Waals surface area contributed by atoms with Crippen LogP contribution in [0.15, 0.2) is 24.3 Å². The minimum Gasteiger partial charge on any atom is -0.495 e. The van der Waals surface area contributed by atoms with Gasteiger partial charge in [0.15, 0.2) is 0 Å². The lowest BCUT2D eigenvalue weighted by molar-refractivity contribution is 0.0174. The number of piperazine rings is 1. The summed E-state index contributed by atoms with van der Waals surface area (Å²) in [6, 6.07) is 7.04. The van der Waals surface area contributed by atoms with Crippen molar-refractivity contribution in [3.63, 3.8) is 0 Å². The zero-order valence-electron chi connectivity index (χ0n) is 14.7. The van der Waals surface area contributed by atoms with E-state index in [-0.39, 0.29) is 12.1 Å². The summed E-state index contributed by atoms with van der Waals surface area (Å²) in [5.74, 6) is 0.609. The molecule has 1 aromatic rings. The predicted molar refractivity (Wildman–Crippen MR) is 91.4 cm³/mol. The second-order valence-corrected chi connectivity index (χ2v) is 6.58. The Bertz CT molecular complexity index is 590. The molecule has 0 aromatic heterocycles. The van der Waals surface area contributed by atoms with Crippen molar-refractivity contribution < 1.29 is 19.1 Å². The van der Waals surface area contributed by atoms with E-state index < -0.39 is 5.60 Å². The van der Waals surface area contributed by atoms with Crippen LogP contribution >= 0.6 is 0 Å². The Morgan fingerprint density at radius 3 is 2.21 bits per heavy atom. The normalized spacial score (nSPS) is 15.0. The van der Waals surface area contributed by atoms with Gasteiger partial charge in [-0.3, -0.25) is 0 Å². The van der Waals surface area contributed by atoms with E-state index in [1.165, 1.54) is 0 Å². The molecule has 1 aliphatic heterocycles. The van der Waals surface area contributed by atoms with Gasteiger partial charge in [-0.1, -0.05) is 12.1 Å². The molecule has 0 radical (unpaired) electrons. The van der Waals surface area contributed by atoms with Gasteiger partial charge in [0.05, 0.1) is 12.8 Å². The molecule has 1 aromatic carbocycles. The molecule has 0 atom stereocenters. The van der Waals surface area contributed by atoms with Gasteiger partial charge in [0.2, 0.25) is 0 Å². The maximum absolute atomic E-state index is 12.4. The molecule has 3 amide bonds. The Kier molecular flexibility index (Phi) is 5.54. The number of anilines is 1. The van der Waals surface area contributed by atoms with Gasteiger partial charge in [-0.2, -0.15) is 0 Å². The molecule has 7 heteroatoms. The quantitative estimate of drug-likeness (QED) is 0.902. The third-order valence-electron chi connectivity index (χ3n) is 3.57. The number of para-hydroxylation sites is 2. The molecular formula is C17H25N3O4. The number of rotatable bonds is 2. The minimum atomic E-state index is -0.518. The molecule has 0 spiro atoms. The molecule has 1 aliphatic rings. The van der Waals surface area contributed by atoms with Crippen molar-refractivity contribution in [1.29, 1.82) is 0 Å². The summed E-state index contributed by atoms with van der Waals surface area (Å²) >= 11 is 0. The van der Waals surface area contributed by atoms with Gasteiger partial charge in [-0.25, -0.2) is 9.59 Å². The zero-order chi connectivity index (χ0) is 17.7. The van der Waals surface area contributed by atoms with Crippen LogP contribution in [0.3, 0.4) is 0 Å². The van der Waals surface area contributed by atoms with Crippen LogP contribution in [-0.4, -0.2) is 60.8 Å². The predicted octanol–water partition coefficient (Wildman–Crippen LogP) is 2.78. The number of methoxy groups -OCH3 is 1. The highest BCUT2D eigenvalue weighted by atomic mass is 16.6. The summed E-state index contributed by atoms with van der Waals surface area (Å²) in [7, 11) is 1.56. The Balaban J connectivity index is 1.88. The fourth-order valence-electron chi connectivity index (χ4n) is 2.36. The van der Waals surface area contributed by atoms with Crippen LogP contribution in [0, 0.1) is 0 Å². The first-order valence-corrected chi connectivity index (χ1v) is 7.97. The van der Waals surface area contributed by atoms with Crippen molar-refractivity contribution in [3.05, 3.63) is 24.3 Å². The van der Waals surface area contributed by atoms with Gasteiger partial charge in [0, 0.05) is 26.2 Å². The summed E-state index contributed by atoms with van der Waals surface area (Å²) in [6.07, 6.45) is -0.340. The molecule has 0 bridgehead atoms. The van der Waals surface area contributed by atoms with Crippen LogP contribution < -0.4 is 10.1 Å². The molecule has 2 rings (SSSR count). The standard InChI is InChI=1S/C17H25N3O4/c1-17(2,3)24-16(22)20-11-9-19(10-12-20)15(21)18-13-7-5-6-8-14(13)23-4/h5-8H,9-12H2,1-4H3,(H,18,21). The minimum absolute atomic E-state index is 0.205. The number of amides is 3. The molecule has 24 heavy (non-hydrogen) atoms. The average Bonchev–Trinajstić information content (AvgIpc) is 2.54. The smallest absolute Gasteiger partial charge is 0.410 e. The van der Waals surface area contributed by atoms with E-state index in [9.17, 15) is 9.59 Å². The first-order valence-electron chi connectivity index (χ1n) is 7.97. The molecule has 1 N–H and O–H groups in total. The van der Waals surface area contributed by atoms with Crippen molar-refractivity contribution in [1.82, 2.24) is 9.80 Å². The van der Waals surface area contributed by atoms with E-state index in [2.05, 4.69) is 5.32 Å². The number of urea groups is 1. The summed E-state index contributed by atoms with van der Waals surface area (Å²) in [4.78, 5) is 27.7. The zero-order valence-corrected chi connectivity index (χ0v) is 14.7. The molecule has 0 aliphatic carbocycles. The lowest BCUT2D eigenvalue weighted by atomic mass is 10.2. The van der Waals surface area contributed by atoms with Gasteiger partial charge in [-0.15, -0.1) is 0 Å². The summed E-state index contributed by atoms with van der Waals surface area (Å²) < 4.78 is 10.6. The number of carbonyl (C=O) groups excluding carboxylic acids is 2. The van der Waals surface area contributed by atoms with E-state index in [0.29, 0.717) is 37.6 Å². The molecule has 132 valence electrons. The number of nitrogens with one attached hydrogen (secondary N) is 1. The first kappa shape index (κ1) is 17.9. The summed E-state index contributed by atoms with van der Waals surface area (Å²) in [5.41, 5.74) is 0.106. The van der Waals surface area contributed by atoms with Crippen LogP contribution in [-0.2, 0) is 4.74 Å². The molecule has 0 unspecified atom stereocenters. The lowest BCUT2D eigenvalue weighted by Gasteiger charge is -2.35. The van der Waals surface area contributed by atoms with Crippen molar-refractivity contribution in [2.75, 3.05) is 38.6 Å². The summed E-state index contributed by atoms with van der Waals surface area (Å²) in [6.45, 7) is 7.33. The van der Waals surface area contributed by atoms with Gasteiger partial charge in [-0.05, 0) is 32.9 Å². The van der Waals surface area contributed by atoms with Gasteiger partial charge >= 0.3 is 12.1 Å². The van der Waals surface area contributed by atoms with E-state index >= 15 is 0 Å². The SMILES string of the molecule is COc1ccccc1NC(=O)N1CCN(C(=O)OC(C)(C)C)CC1. The molecule has 1 heterocycles. The fraction of sp³-hybridized carbons (Fsp3) is 0.529. The van der Waals surface area contributed by atoms with Crippen LogP contribution in [0.4, 0.5) is 15.3 Å². The van der Waals surface area contributed by atoms with Gasteiger partial charge in [0.25, 0.3) is 0 Å². The van der Waals surface area contributed by atoms with Crippen molar-refractivity contribution in [3.8, 4) is 5.75 Å². The molecular weight excluding hydrogens is 310 g/mol. The Hall–Kier alpha value is -2.44. The number of hydrogen-bond acceptors (Lipinski definition) is 4. The molecule has 1 saturated heterocycles. The number of benzene rings is 1. The van der Waals surface area contributed by atoms with Crippen LogP contribution in [0.5, 0.6) is 5.75 Å². The Morgan fingerprint density at radius 2 is 1.62 bits per heavy atom. The van der Waals surface area contributed by atoms with Crippen molar-refractivity contribution in [2.45, 2.75) is 26.4 Å². The molecule has 1 fully saturated rings. The van der Waals surface area contributed by atoms with Crippen LogP contribution in [0.1, 0.15) is 20.8 Å². The summed E-state index contributed by atoms with van der Waals surface area (Å²) in [5, 5.41) is 2.84. The van der Waals surface area contributed by atoms with Crippen molar-refractivity contribution >= 4 is 17.8 Å². The monoisotopic (exact) mass is 335 g/mol. The van der Waals surface area contributed by atoms with Crippen molar-refractivity contribution in [2.24, 2.45) is 0 Å². The third-order valence-corrected chi connectivity index (χ3v) is 3.57. The number of ether oxygens (including phenoxy) is 2. The van der Waals surface area contributed by atoms with E-state index in [1.807, 2.05) is 32.9 Å². The largest absolute Gasteiger partial charge is 0.495 e. The van der Waals surface area contributed by atoms with E-state index in [1.54, 1.807) is 29.0 Å². The highest BCUT2D eigenvalue weighted by Crippen LogP contribution is 2.23. The fourth-order valence-corrected chi connectivity index (χ4v) is 2.36. The molecule has 0 saturated carbocycles. The third kappa shape index (κ3) is 4.78. The number of carbonyl (C=O) groups is 2. The highest BCUT2D eigenvalue weighted by Gasteiger charge is 2.27. The second-order valence-electron chi connectivity index (χ2n) is 6.58. The van der Waals surface area contributed by atoms with E-state index in [4.69, 9.17) is 9.47 Å². The van der Waals surface area contributed by atoms with Gasteiger partial charge < -0.3 is 24.6 Å². The lowest BCUT2D eigenvalue weighted by Crippen LogP contribution is -2.52. The Morgan fingerprint density at radius 1 is 1.04 bits per heavy atom. The average molecular weight is 335 g/mol. The van der Waals surface area contributed by atoms with Crippen LogP contribution in [0.2, 0.25) is 0 Å². The topological polar surface area (TPSA) is 71.1 Å². The highest BCUT2D eigenvalue weighted by molar-refractivity contribution is 5.91. The van der Waals surface area contributed by atoms with E-state index in [0.717, 1.165) is 0 Å². The maximum atomic E-state index is 12.4. The Labute approximate surface area is 142 Å². The first-order chi connectivity index (χ1) is 11.3. The second kappa shape index (κ2) is 7.42. The number of hydrogen-bond donors (Lipinski definition) is 1.